The Bertz CT molecular complexity index is 356. The highest BCUT2D eigenvalue weighted by atomic mass is 32.4. The van der Waals surface area contributed by atoms with Crippen molar-refractivity contribution in [3.8, 4) is 0 Å². The third-order valence-electron chi connectivity index (χ3n) is 1.35. The van der Waals surface area contributed by atoms with E-state index in [4.69, 9.17) is 16.7 Å². The molecule has 0 aliphatic carbocycles. The molecule has 1 rings (SSSR count). The molecular formula is C6H9NO3P2S. The molecule has 4 nitrogen and oxygen atoms in total. The van der Waals surface area contributed by atoms with Crippen LogP contribution in [0.5, 0.6) is 0 Å². The molecule has 72 valence electrons. The first-order valence-electron chi connectivity index (χ1n) is 3.42. The zero-order valence-electron chi connectivity index (χ0n) is 6.54. The molecule has 0 aliphatic rings. The number of hydrogen-bond donors (Lipinski definition) is 3. The molecule has 0 saturated heterocycles. The number of nitrogens with one attached hydrogen (secondary N) is 1. The van der Waals surface area contributed by atoms with Crippen LogP contribution in [-0.4, -0.2) is 9.79 Å². The largest absolute Gasteiger partial charge is 0.350 e. The molecule has 0 aliphatic heterocycles. The highest BCUT2D eigenvalue weighted by molar-refractivity contribution is 8.15. The second-order valence-corrected chi connectivity index (χ2v) is 7.09. The molecule has 3 N–H and O–H groups in total. The van der Waals surface area contributed by atoms with Crippen LogP contribution < -0.4 is 10.2 Å². The molecule has 0 spiro atoms. The van der Waals surface area contributed by atoms with Crippen LogP contribution in [0.3, 0.4) is 0 Å². The van der Waals surface area contributed by atoms with Gasteiger partial charge in [0.1, 0.15) is 0 Å². The van der Waals surface area contributed by atoms with Crippen LogP contribution in [-0.2, 0) is 16.4 Å². The Labute approximate surface area is 81.7 Å². The Morgan fingerprint density at radius 2 is 1.92 bits per heavy atom. The molecule has 2 unspecified atom stereocenters. The summed E-state index contributed by atoms with van der Waals surface area (Å²) < 4.78 is 10.5. The summed E-state index contributed by atoms with van der Waals surface area (Å²) in [6.45, 7) is 0. The maximum Gasteiger partial charge on any atom is 0.261 e. The maximum absolute atomic E-state index is 10.5. The van der Waals surface area contributed by atoms with E-state index in [-0.39, 0.29) is 0 Å². The summed E-state index contributed by atoms with van der Waals surface area (Å²) in [5.74, 6) is 0. The summed E-state index contributed by atoms with van der Waals surface area (Å²) in [5, 5.41) is 0.484. The fraction of sp³-hybridized carbons (Fsp3) is 0. The monoisotopic (exact) mass is 237 g/mol. The van der Waals surface area contributed by atoms with Crippen LogP contribution in [0.15, 0.2) is 30.3 Å². The van der Waals surface area contributed by atoms with Crippen molar-refractivity contribution < 1.29 is 14.4 Å². The van der Waals surface area contributed by atoms with E-state index in [0.29, 0.717) is 5.30 Å². The molecule has 0 aromatic heterocycles. The predicted octanol–water partition coefficient (Wildman–Crippen LogP) is 0.585. The minimum absolute atomic E-state index is 0.484. The zero-order chi connectivity index (χ0) is 9.90. The quantitative estimate of drug-likeness (QED) is 0.671. The van der Waals surface area contributed by atoms with Crippen molar-refractivity contribution in [1.82, 2.24) is 4.86 Å². The Morgan fingerprint density at radius 3 is 2.38 bits per heavy atom. The molecule has 1 aromatic rings. The second kappa shape index (κ2) is 4.47. The average Bonchev–Trinajstić information content (AvgIpc) is 2.04. The van der Waals surface area contributed by atoms with Crippen molar-refractivity contribution in [3.63, 3.8) is 0 Å². The number of benzene rings is 1. The summed E-state index contributed by atoms with van der Waals surface area (Å²) in [6.07, 6.45) is -3.03. The lowest BCUT2D eigenvalue weighted by atomic mass is 10.4. The van der Waals surface area contributed by atoms with Gasteiger partial charge in [-0.25, -0.2) is 0 Å². The van der Waals surface area contributed by atoms with Gasteiger partial charge >= 0.3 is 0 Å². The van der Waals surface area contributed by atoms with E-state index in [1.54, 1.807) is 30.3 Å². The maximum atomic E-state index is 10.5. The van der Waals surface area contributed by atoms with Crippen molar-refractivity contribution in [3.05, 3.63) is 30.3 Å². The summed E-state index contributed by atoms with van der Waals surface area (Å²) in [4.78, 5) is 20.3. The van der Waals surface area contributed by atoms with Crippen LogP contribution in [0.1, 0.15) is 0 Å². The van der Waals surface area contributed by atoms with Gasteiger partial charge in [0.2, 0.25) is 0 Å². The smallest absolute Gasteiger partial charge is 0.261 e. The molecule has 2 atom stereocenters. The fourth-order valence-electron chi connectivity index (χ4n) is 0.824. The molecule has 1 aromatic carbocycles. The van der Waals surface area contributed by atoms with Gasteiger partial charge < -0.3 is 9.79 Å². The van der Waals surface area contributed by atoms with Crippen molar-refractivity contribution in [2.45, 2.75) is 0 Å². The summed E-state index contributed by atoms with van der Waals surface area (Å²) in [5.41, 5.74) is 0. The van der Waals surface area contributed by atoms with Gasteiger partial charge in [-0.3, -0.25) is 4.57 Å². The van der Waals surface area contributed by atoms with E-state index in [0.717, 1.165) is 0 Å². The SMILES string of the molecule is O=[PH](O)NP(O)(=S)c1ccccc1. The molecule has 7 heteroatoms. The van der Waals surface area contributed by atoms with Crippen LogP contribution in [0, 0.1) is 0 Å². The molecule has 0 saturated carbocycles. The molecule has 0 bridgehead atoms. The van der Waals surface area contributed by atoms with E-state index in [1.165, 1.54) is 0 Å². The first-order chi connectivity index (χ1) is 6.02. The third-order valence-corrected chi connectivity index (χ3v) is 5.78. The highest BCUT2D eigenvalue weighted by Gasteiger charge is 2.16. The first kappa shape index (κ1) is 11.1. The minimum Gasteiger partial charge on any atom is -0.350 e. The first-order valence-corrected chi connectivity index (χ1v) is 7.53. The Balaban J connectivity index is 2.95. The van der Waals surface area contributed by atoms with Crippen molar-refractivity contribution in [2.75, 3.05) is 0 Å². The highest BCUT2D eigenvalue weighted by Crippen LogP contribution is 2.39. The summed E-state index contributed by atoms with van der Waals surface area (Å²) in [7, 11) is -2.94. The standard InChI is InChI=1S/C6H9NO3P2S/c8-11(9)7-12(10,13)6-4-2-1-3-5-6/h1-5,11H,(H3,7,8,9,10,13). The second-order valence-electron chi connectivity index (χ2n) is 2.33. The summed E-state index contributed by atoms with van der Waals surface area (Å²) >= 11 is 4.81. The normalized spacial score (nSPS) is 17.7. The zero-order valence-corrected chi connectivity index (χ0v) is 9.26. The Kier molecular flexibility index (Phi) is 3.80. The van der Waals surface area contributed by atoms with E-state index in [2.05, 4.69) is 4.86 Å². The molecule has 0 radical (unpaired) electrons. The van der Waals surface area contributed by atoms with Gasteiger partial charge in [-0.05, 0) is 11.8 Å². The van der Waals surface area contributed by atoms with E-state index in [9.17, 15) is 9.46 Å². The molecule has 0 heterocycles. The van der Waals surface area contributed by atoms with Crippen LogP contribution in [0.4, 0.5) is 0 Å². The van der Waals surface area contributed by atoms with E-state index >= 15 is 0 Å². The van der Waals surface area contributed by atoms with Crippen LogP contribution in [0.25, 0.3) is 0 Å². The topological polar surface area (TPSA) is 69.6 Å². The lowest BCUT2D eigenvalue weighted by molar-refractivity contribution is 0.498. The average molecular weight is 237 g/mol. The van der Waals surface area contributed by atoms with Gasteiger partial charge in [-0.2, -0.15) is 4.86 Å². The van der Waals surface area contributed by atoms with E-state index < -0.39 is 14.6 Å². The minimum atomic E-state index is -3.03. The van der Waals surface area contributed by atoms with Crippen molar-refractivity contribution in [2.24, 2.45) is 0 Å². The predicted molar refractivity (Wildman–Crippen MR) is 56.9 cm³/mol. The van der Waals surface area contributed by atoms with Gasteiger partial charge in [-0.1, -0.05) is 30.3 Å². The van der Waals surface area contributed by atoms with Crippen molar-refractivity contribution in [1.29, 1.82) is 0 Å². The van der Waals surface area contributed by atoms with Gasteiger partial charge in [0.15, 0.2) is 6.42 Å². The lowest BCUT2D eigenvalue weighted by Gasteiger charge is -2.14. The van der Waals surface area contributed by atoms with Crippen molar-refractivity contribution >= 4 is 31.7 Å². The van der Waals surface area contributed by atoms with Gasteiger partial charge in [0.05, 0.1) is 0 Å². The van der Waals surface area contributed by atoms with E-state index in [1.807, 2.05) is 0 Å². The fourth-order valence-corrected chi connectivity index (χ4v) is 4.02. The Hall–Kier alpha value is -0.0200. The molecule has 13 heavy (non-hydrogen) atoms. The van der Waals surface area contributed by atoms with Gasteiger partial charge in [0.25, 0.3) is 8.18 Å². The molecule has 0 fully saturated rings. The Morgan fingerprint density at radius 1 is 1.38 bits per heavy atom. The van der Waals surface area contributed by atoms with Crippen LogP contribution in [0.2, 0.25) is 0 Å². The van der Waals surface area contributed by atoms with Gasteiger partial charge in [0, 0.05) is 5.30 Å². The molecular weight excluding hydrogens is 228 g/mol. The lowest BCUT2D eigenvalue weighted by Crippen LogP contribution is -2.12. The molecule has 0 amide bonds. The van der Waals surface area contributed by atoms with Gasteiger partial charge in [-0.15, -0.1) is 0 Å². The summed E-state index contributed by atoms with van der Waals surface area (Å²) in [6, 6.07) is 8.45. The number of rotatable bonds is 3. The van der Waals surface area contributed by atoms with Crippen LogP contribution >= 0.6 is 14.6 Å². The number of hydrogen-bond acceptors (Lipinski definition) is 2. The third kappa shape index (κ3) is 3.31.